The quantitative estimate of drug-likeness (QED) is 0.548. The molecule has 4 aromatic rings. The molecule has 2 heterocycles. The summed E-state index contributed by atoms with van der Waals surface area (Å²) in [7, 11) is 3.05. The Morgan fingerprint density at radius 1 is 1.13 bits per heavy atom. The minimum atomic E-state index is -0.404. The number of rotatable bonds is 4. The summed E-state index contributed by atoms with van der Waals surface area (Å²) >= 11 is 1.43. The number of hydrogen-bond acceptors (Lipinski definition) is 5. The van der Waals surface area contributed by atoms with E-state index in [4.69, 9.17) is 0 Å². The van der Waals surface area contributed by atoms with E-state index in [-0.39, 0.29) is 12.3 Å². The van der Waals surface area contributed by atoms with Crippen LogP contribution in [-0.4, -0.2) is 20.0 Å². The maximum absolute atomic E-state index is 12.7. The number of anilines is 1. The van der Waals surface area contributed by atoms with E-state index < -0.39 is 11.2 Å². The van der Waals surface area contributed by atoms with Gasteiger partial charge in [-0.15, -0.1) is 0 Å². The highest BCUT2D eigenvalue weighted by atomic mass is 32.1. The van der Waals surface area contributed by atoms with E-state index in [1.807, 2.05) is 0 Å². The van der Waals surface area contributed by atoms with Crippen molar-refractivity contribution < 1.29 is 4.79 Å². The Balaban J connectivity index is 1.67. The monoisotopic (exact) mass is 422 g/mol. The van der Waals surface area contributed by atoms with Crippen molar-refractivity contribution in [1.82, 2.24) is 14.1 Å². The number of carbonyl (C=O) groups is 1. The van der Waals surface area contributed by atoms with Gasteiger partial charge in [-0.3, -0.25) is 18.7 Å². The molecular formula is C22H22N4O3S. The molecule has 0 saturated carbocycles. The van der Waals surface area contributed by atoms with Gasteiger partial charge < -0.3 is 5.32 Å². The summed E-state index contributed by atoms with van der Waals surface area (Å²) in [6.07, 6.45) is 0.944. The third kappa shape index (κ3) is 3.33. The first-order valence-electron chi connectivity index (χ1n) is 9.67. The van der Waals surface area contributed by atoms with Crippen LogP contribution in [0.15, 0.2) is 39.9 Å². The Morgan fingerprint density at radius 2 is 1.90 bits per heavy atom. The van der Waals surface area contributed by atoms with Crippen LogP contribution in [-0.2, 0) is 31.7 Å². The van der Waals surface area contributed by atoms with E-state index in [2.05, 4.69) is 36.3 Å². The molecule has 0 bridgehead atoms. The molecule has 30 heavy (non-hydrogen) atoms. The molecule has 0 aliphatic carbocycles. The summed E-state index contributed by atoms with van der Waals surface area (Å²) in [4.78, 5) is 42.1. The largest absolute Gasteiger partial charge is 0.330 e. The minimum absolute atomic E-state index is 0.0138. The van der Waals surface area contributed by atoms with Gasteiger partial charge in [-0.25, -0.2) is 9.78 Å². The van der Waals surface area contributed by atoms with Crippen LogP contribution < -0.4 is 16.6 Å². The van der Waals surface area contributed by atoms with Crippen molar-refractivity contribution in [2.24, 2.45) is 14.1 Å². The van der Waals surface area contributed by atoms with E-state index in [0.29, 0.717) is 21.6 Å². The molecule has 1 amide bonds. The van der Waals surface area contributed by atoms with Crippen molar-refractivity contribution in [3.05, 3.63) is 67.9 Å². The van der Waals surface area contributed by atoms with Gasteiger partial charge in [-0.2, -0.15) is 0 Å². The molecule has 0 radical (unpaired) electrons. The molecule has 154 valence electrons. The summed E-state index contributed by atoms with van der Waals surface area (Å²) < 4.78 is 3.50. The summed E-state index contributed by atoms with van der Waals surface area (Å²) in [6.45, 7) is 4.18. The molecule has 2 aromatic heterocycles. The lowest BCUT2D eigenvalue weighted by molar-refractivity contribution is -0.115. The normalized spacial score (nSPS) is 11.3. The lowest BCUT2D eigenvalue weighted by atomic mass is 10.1. The van der Waals surface area contributed by atoms with E-state index in [1.165, 1.54) is 34.1 Å². The first kappa shape index (κ1) is 20.0. The maximum Gasteiger partial charge on any atom is 0.330 e. The van der Waals surface area contributed by atoms with Crippen LogP contribution in [0.5, 0.6) is 0 Å². The molecule has 0 atom stereocenters. The van der Waals surface area contributed by atoms with Crippen LogP contribution in [0.2, 0.25) is 0 Å². The average Bonchev–Trinajstić information content (AvgIpc) is 3.10. The van der Waals surface area contributed by atoms with Gasteiger partial charge in [-0.1, -0.05) is 30.4 Å². The second kappa shape index (κ2) is 7.53. The fourth-order valence-electron chi connectivity index (χ4n) is 3.73. The zero-order valence-corrected chi connectivity index (χ0v) is 18.1. The predicted molar refractivity (Wildman–Crippen MR) is 120 cm³/mol. The molecule has 0 aliphatic rings. The van der Waals surface area contributed by atoms with Gasteiger partial charge in [-0.05, 0) is 48.2 Å². The Kier molecular flexibility index (Phi) is 5.03. The van der Waals surface area contributed by atoms with Gasteiger partial charge in [0.05, 0.1) is 27.5 Å². The molecule has 4 rings (SSSR count). The highest BCUT2D eigenvalue weighted by Gasteiger charge is 2.16. The van der Waals surface area contributed by atoms with Gasteiger partial charge in [0.2, 0.25) is 5.91 Å². The number of aromatic nitrogens is 3. The first-order valence-corrected chi connectivity index (χ1v) is 10.5. The van der Waals surface area contributed by atoms with Crippen molar-refractivity contribution in [3.63, 3.8) is 0 Å². The van der Waals surface area contributed by atoms with Gasteiger partial charge in [0.25, 0.3) is 5.56 Å². The number of carbonyl (C=O) groups excluding carboxylic acids is 1. The van der Waals surface area contributed by atoms with Crippen molar-refractivity contribution in [2.75, 3.05) is 5.32 Å². The van der Waals surface area contributed by atoms with Crippen molar-refractivity contribution in [2.45, 2.75) is 26.7 Å². The summed E-state index contributed by atoms with van der Waals surface area (Å²) in [5.74, 6) is -0.259. The van der Waals surface area contributed by atoms with Crippen LogP contribution in [0, 0.1) is 6.92 Å². The van der Waals surface area contributed by atoms with Gasteiger partial charge >= 0.3 is 5.69 Å². The standard InChI is InChI=1S/C22H22N4O3S/c1-5-13-10-15-17(9-12(13)2)30-21(23-15)24-18(27)11-14-7-6-8-16-19(14)20(28)26(4)22(29)25(16)3/h6-10H,5,11H2,1-4H3,(H,23,24,27). The van der Waals surface area contributed by atoms with Crippen LogP contribution >= 0.6 is 11.3 Å². The summed E-state index contributed by atoms with van der Waals surface area (Å²) in [5.41, 5.74) is 3.60. The molecule has 8 heteroatoms. The molecule has 0 aliphatic heterocycles. The number of hydrogen-bond donors (Lipinski definition) is 1. The SMILES string of the molecule is CCc1cc2nc(NC(=O)Cc3cccc4c3c(=O)n(C)c(=O)n4C)sc2cc1C. The third-order valence-electron chi connectivity index (χ3n) is 5.41. The topological polar surface area (TPSA) is 86.0 Å². The number of aryl methyl sites for hydroxylation is 3. The number of amides is 1. The van der Waals surface area contributed by atoms with Crippen LogP contribution in [0.4, 0.5) is 5.13 Å². The van der Waals surface area contributed by atoms with Crippen molar-refractivity contribution in [1.29, 1.82) is 0 Å². The smallest absolute Gasteiger partial charge is 0.302 e. The first-order chi connectivity index (χ1) is 14.3. The zero-order valence-electron chi connectivity index (χ0n) is 17.3. The highest BCUT2D eigenvalue weighted by molar-refractivity contribution is 7.22. The number of nitrogens with one attached hydrogen (secondary N) is 1. The van der Waals surface area contributed by atoms with Crippen LogP contribution in [0.25, 0.3) is 21.1 Å². The average molecular weight is 423 g/mol. The highest BCUT2D eigenvalue weighted by Crippen LogP contribution is 2.29. The van der Waals surface area contributed by atoms with Crippen LogP contribution in [0.1, 0.15) is 23.6 Å². The van der Waals surface area contributed by atoms with E-state index in [0.717, 1.165) is 21.2 Å². The number of nitrogens with zero attached hydrogens (tertiary/aromatic N) is 3. The van der Waals surface area contributed by atoms with E-state index >= 15 is 0 Å². The molecule has 0 unspecified atom stereocenters. The number of thiazole rings is 1. The van der Waals surface area contributed by atoms with Gasteiger partial charge in [0.1, 0.15) is 0 Å². The lowest BCUT2D eigenvalue weighted by Gasteiger charge is -2.10. The Morgan fingerprint density at radius 3 is 2.63 bits per heavy atom. The van der Waals surface area contributed by atoms with E-state index in [9.17, 15) is 14.4 Å². The Hall–Kier alpha value is -3.26. The maximum atomic E-state index is 12.7. The second-order valence-electron chi connectivity index (χ2n) is 7.36. The number of benzene rings is 2. The Bertz CT molecular complexity index is 1430. The lowest BCUT2D eigenvalue weighted by Crippen LogP contribution is -2.37. The number of fused-ring (bicyclic) bond motifs is 2. The van der Waals surface area contributed by atoms with Gasteiger partial charge in [0, 0.05) is 14.1 Å². The van der Waals surface area contributed by atoms with Crippen LogP contribution in [0.3, 0.4) is 0 Å². The molecule has 1 N–H and O–H groups in total. The molecule has 7 nitrogen and oxygen atoms in total. The summed E-state index contributed by atoms with van der Waals surface area (Å²) in [5, 5.41) is 3.76. The fourth-order valence-corrected chi connectivity index (χ4v) is 4.69. The molecular weight excluding hydrogens is 400 g/mol. The predicted octanol–water partition coefficient (Wildman–Crippen LogP) is 2.90. The minimum Gasteiger partial charge on any atom is -0.302 e. The van der Waals surface area contributed by atoms with E-state index in [1.54, 1.807) is 25.2 Å². The molecule has 0 fully saturated rings. The summed E-state index contributed by atoms with van der Waals surface area (Å²) in [6, 6.07) is 9.35. The fraction of sp³-hybridized carbons (Fsp3) is 0.273. The zero-order chi connectivity index (χ0) is 21.6. The third-order valence-corrected chi connectivity index (χ3v) is 6.34. The second-order valence-corrected chi connectivity index (χ2v) is 8.39. The molecule has 0 saturated heterocycles. The Labute approximate surface area is 176 Å². The molecule has 0 spiro atoms. The van der Waals surface area contributed by atoms with Crippen molar-refractivity contribution in [3.8, 4) is 0 Å². The van der Waals surface area contributed by atoms with Gasteiger partial charge in [0.15, 0.2) is 5.13 Å². The molecule has 2 aromatic carbocycles. The van der Waals surface area contributed by atoms with Crippen molar-refractivity contribution >= 4 is 43.5 Å².